The van der Waals surface area contributed by atoms with Crippen molar-refractivity contribution in [2.45, 2.75) is 30.6 Å². The maximum absolute atomic E-state index is 13.0. The summed E-state index contributed by atoms with van der Waals surface area (Å²) in [5, 5.41) is 2.73. The molecule has 0 unspecified atom stereocenters. The Morgan fingerprint density at radius 3 is 2.23 bits per heavy atom. The smallest absolute Gasteiger partial charge is 0.255 e. The molecule has 160 valence electrons. The number of carbonyl (C=O) groups is 1. The molecule has 1 fully saturated rings. The Hall–Kier alpha value is -3.10. The van der Waals surface area contributed by atoms with E-state index in [4.69, 9.17) is 0 Å². The van der Waals surface area contributed by atoms with E-state index < -0.39 is 15.9 Å². The Labute approximate surface area is 182 Å². The largest absolute Gasteiger partial charge is 0.319 e. The van der Waals surface area contributed by atoms with Crippen molar-refractivity contribution in [3.63, 3.8) is 0 Å². The molecule has 0 saturated carbocycles. The lowest BCUT2D eigenvalue weighted by molar-refractivity contribution is 0.102. The average Bonchev–Trinajstić information content (AvgIpc) is 3.11. The highest BCUT2D eigenvalue weighted by Gasteiger charge is 2.25. The molecule has 1 saturated heterocycles. The lowest BCUT2D eigenvalue weighted by Crippen LogP contribution is -2.32. The van der Waals surface area contributed by atoms with Gasteiger partial charge in [0.05, 0.1) is 23.0 Å². The number of carbonyl (C=O) groups excluding carboxylic acids is 1. The van der Waals surface area contributed by atoms with E-state index in [2.05, 4.69) is 15.3 Å². The summed E-state index contributed by atoms with van der Waals surface area (Å²) >= 11 is 0. The van der Waals surface area contributed by atoms with E-state index in [9.17, 15) is 13.2 Å². The van der Waals surface area contributed by atoms with Crippen LogP contribution in [-0.2, 0) is 10.0 Å². The SMILES string of the molecule is O=C(Nc1cnc(-c2ccccc2)nc1)c1cccc(S(=O)(=O)N2CCCCCC2)c1. The van der Waals surface area contributed by atoms with Gasteiger partial charge in [-0.3, -0.25) is 4.79 Å². The van der Waals surface area contributed by atoms with Crippen molar-refractivity contribution >= 4 is 21.6 Å². The molecular weight excluding hydrogens is 412 g/mol. The molecule has 0 bridgehead atoms. The molecule has 2 heterocycles. The molecule has 1 aliphatic heterocycles. The topological polar surface area (TPSA) is 92.3 Å². The number of sulfonamides is 1. The predicted molar refractivity (Wildman–Crippen MR) is 119 cm³/mol. The number of anilines is 1. The van der Waals surface area contributed by atoms with Crippen LogP contribution in [0.25, 0.3) is 11.4 Å². The number of hydrogen-bond donors (Lipinski definition) is 1. The fraction of sp³-hybridized carbons (Fsp3) is 0.261. The highest BCUT2D eigenvalue weighted by Crippen LogP contribution is 2.22. The molecule has 1 aromatic heterocycles. The Morgan fingerprint density at radius 2 is 1.55 bits per heavy atom. The number of nitrogens with zero attached hydrogens (tertiary/aromatic N) is 3. The minimum Gasteiger partial charge on any atom is -0.319 e. The first-order valence-corrected chi connectivity index (χ1v) is 11.8. The van der Waals surface area contributed by atoms with Crippen LogP contribution in [0.3, 0.4) is 0 Å². The first kappa shape index (κ1) is 21.1. The molecule has 8 heteroatoms. The fourth-order valence-corrected chi connectivity index (χ4v) is 5.12. The Bertz CT molecular complexity index is 1140. The quantitative estimate of drug-likeness (QED) is 0.654. The van der Waals surface area contributed by atoms with Gasteiger partial charge in [0, 0.05) is 24.2 Å². The van der Waals surface area contributed by atoms with Gasteiger partial charge in [0.15, 0.2) is 5.82 Å². The molecule has 3 aromatic rings. The molecule has 7 nitrogen and oxygen atoms in total. The maximum Gasteiger partial charge on any atom is 0.255 e. The number of aromatic nitrogens is 2. The summed E-state index contributed by atoms with van der Waals surface area (Å²) in [7, 11) is -3.62. The highest BCUT2D eigenvalue weighted by molar-refractivity contribution is 7.89. The number of nitrogens with one attached hydrogen (secondary N) is 1. The van der Waals surface area contributed by atoms with Gasteiger partial charge in [-0.2, -0.15) is 4.31 Å². The highest BCUT2D eigenvalue weighted by atomic mass is 32.2. The van der Waals surface area contributed by atoms with Crippen LogP contribution in [0.1, 0.15) is 36.0 Å². The third kappa shape index (κ3) is 4.98. The number of rotatable bonds is 5. The second-order valence-electron chi connectivity index (χ2n) is 7.46. The number of amides is 1. The standard InChI is InChI=1S/C23H24N4O3S/c28-23(26-20-16-24-22(25-17-20)18-9-4-3-5-10-18)19-11-8-12-21(15-19)31(29,30)27-13-6-1-2-7-14-27/h3-5,8-12,15-17H,1-2,6-7,13-14H2,(H,26,28). The molecule has 2 aromatic carbocycles. The van der Waals surface area contributed by atoms with Gasteiger partial charge in [-0.1, -0.05) is 49.2 Å². The molecule has 4 rings (SSSR count). The summed E-state index contributed by atoms with van der Waals surface area (Å²) in [6.07, 6.45) is 6.87. The van der Waals surface area contributed by atoms with Crippen molar-refractivity contribution in [2.24, 2.45) is 0 Å². The van der Waals surface area contributed by atoms with Crippen LogP contribution in [0.5, 0.6) is 0 Å². The molecule has 0 atom stereocenters. The molecule has 0 aliphatic carbocycles. The zero-order chi connectivity index (χ0) is 21.7. The van der Waals surface area contributed by atoms with Crippen molar-refractivity contribution in [3.8, 4) is 11.4 Å². The zero-order valence-corrected chi connectivity index (χ0v) is 17.9. The third-order valence-corrected chi connectivity index (χ3v) is 7.14. The van der Waals surface area contributed by atoms with E-state index in [1.807, 2.05) is 30.3 Å². The van der Waals surface area contributed by atoms with E-state index in [0.29, 0.717) is 24.6 Å². The molecular formula is C23H24N4O3S. The van der Waals surface area contributed by atoms with Gasteiger partial charge in [0.2, 0.25) is 10.0 Å². The van der Waals surface area contributed by atoms with Crippen LogP contribution in [-0.4, -0.2) is 41.7 Å². The fourth-order valence-electron chi connectivity index (χ4n) is 3.56. The predicted octanol–water partition coefficient (Wildman–Crippen LogP) is 3.96. The van der Waals surface area contributed by atoms with E-state index in [-0.39, 0.29) is 10.5 Å². The normalized spacial score (nSPS) is 15.2. The van der Waals surface area contributed by atoms with Crippen molar-refractivity contribution in [2.75, 3.05) is 18.4 Å². The van der Waals surface area contributed by atoms with Crippen molar-refractivity contribution in [1.29, 1.82) is 0 Å². The molecule has 0 radical (unpaired) electrons. The van der Waals surface area contributed by atoms with Gasteiger partial charge in [-0.05, 0) is 31.0 Å². The molecule has 1 aliphatic rings. The first-order valence-electron chi connectivity index (χ1n) is 10.3. The van der Waals surface area contributed by atoms with Crippen molar-refractivity contribution < 1.29 is 13.2 Å². The van der Waals surface area contributed by atoms with Gasteiger partial charge in [0.1, 0.15) is 0 Å². The second kappa shape index (κ2) is 9.36. The van der Waals surface area contributed by atoms with Crippen molar-refractivity contribution in [1.82, 2.24) is 14.3 Å². The van der Waals surface area contributed by atoms with Crippen LogP contribution in [0.15, 0.2) is 71.9 Å². The molecule has 1 amide bonds. The summed E-state index contributed by atoms with van der Waals surface area (Å²) in [6, 6.07) is 15.7. The van der Waals surface area contributed by atoms with Gasteiger partial charge >= 0.3 is 0 Å². The summed E-state index contributed by atoms with van der Waals surface area (Å²) < 4.78 is 27.6. The second-order valence-corrected chi connectivity index (χ2v) is 9.40. The zero-order valence-electron chi connectivity index (χ0n) is 17.1. The van der Waals surface area contributed by atoms with Gasteiger partial charge in [0.25, 0.3) is 5.91 Å². The third-order valence-electron chi connectivity index (χ3n) is 5.24. The van der Waals surface area contributed by atoms with Crippen molar-refractivity contribution in [3.05, 3.63) is 72.6 Å². The summed E-state index contributed by atoms with van der Waals surface area (Å²) in [5.41, 5.74) is 1.58. The summed E-state index contributed by atoms with van der Waals surface area (Å²) in [5.74, 6) is 0.146. The summed E-state index contributed by atoms with van der Waals surface area (Å²) in [4.78, 5) is 21.4. The minimum atomic E-state index is -3.62. The Balaban J connectivity index is 1.49. The van der Waals surface area contributed by atoms with Crippen LogP contribution >= 0.6 is 0 Å². The van der Waals surface area contributed by atoms with Crippen LogP contribution < -0.4 is 5.32 Å². The van der Waals surface area contributed by atoms with E-state index in [1.165, 1.54) is 28.8 Å². The Morgan fingerprint density at radius 1 is 0.871 bits per heavy atom. The van der Waals surface area contributed by atoms with Crippen LogP contribution in [0, 0.1) is 0 Å². The summed E-state index contributed by atoms with van der Waals surface area (Å²) in [6.45, 7) is 1.04. The van der Waals surface area contributed by atoms with Gasteiger partial charge < -0.3 is 5.32 Å². The van der Waals surface area contributed by atoms with E-state index in [1.54, 1.807) is 12.1 Å². The lowest BCUT2D eigenvalue weighted by atomic mass is 10.2. The number of benzene rings is 2. The van der Waals surface area contributed by atoms with E-state index >= 15 is 0 Å². The monoisotopic (exact) mass is 436 g/mol. The lowest BCUT2D eigenvalue weighted by Gasteiger charge is -2.20. The van der Waals surface area contributed by atoms with Gasteiger partial charge in [-0.25, -0.2) is 18.4 Å². The van der Waals surface area contributed by atoms with E-state index in [0.717, 1.165) is 31.2 Å². The maximum atomic E-state index is 13.0. The van der Waals surface area contributed by atoms with Gasteiger partial charge in [-0.15, -0.1) is 0 Å². The molecule has 0 spiro atoms. The Kier molecular flexibility index (Phi) is 6.39. The minimum absolute atomic E-state index is 0.137. The number of hydrogen-bond acceptors (Lipinski definition) is 5. The first-order chi connectivity index (χ1) is 15.0. The molecule has 31 heavy (non-hydrogen) atoms. The molecule has 1 N–H and O–H groups in total. The van der Waals surface area contributed by atoms with Crippen LogP contribution in [0.2, 0.25) is 0 Å². The van der Waals surface area contributed by atoms with Crippen LogP contribution in [0.4, 0.5) is 5.69 Å². The average molecular weight is 437 g/mol.